The maximum Gasteiger partial charge on any atom is 0.472 e. The molecule has 0 heterocycles. The van der Waals surface area contributed by atoms with Gasteiger partial charge in [0.1, 0.15) is 43.2 Å². The lowest BCUT2D eigenvalue weighted by atomic mass is 9.85. The van der Waals surface area contributed by atoms with E-state index in [9.17, 15) is 67.9 Å². The maximum atomic E-state index is 13.1. The highest BCUT2D eigenvalue weighted by atomic mass is 31.2. The number of unbranched alkanes of at least 4 members (excludes halogenated alkanes) is 20. The van der Waals surface area contributed by atoms with Crippen molar-refractivity contribution in [2.24, 2.45) is 0 Å². The van der Waals surface area contributed by atoms with Crippen LogP contribution >= 0.6 is 23.5 Å². The lowest BCUT2D eigenvalue weighted by molar-refractivity contribution is -0.213. The van der Waals surface area contributed by atoms with Crippen LogP contribution in [0.3, 0.4) is 0 Å². The van der Waals surface area contributed by atoms with Gasteiger partial charge in [0.2, 0.25) is 5.91 Å². The Labute approximate surface area is 384 Å². The highest BCUT2D eigenvalue weighted by molar-refractivity contribution is 7.47. The van der Waals surface area contributed by atoms with Gasteiger partial charge >= 0.3 is 35.4 Å². The number of esters is 2. The third-order valence-electron chi connectivity index (χ3n) is 10.8. The van der Waals surface area contributed by atoms with Crippen LogP contribution in [0.1, 0.15) is 181 Å². The van der Waals surface area contributed by atoms with E-state index >= 15 is 0 Å². The summed E-state index contributed by atoms with van der Waals surface area (Å²) in [7, 11) is -16.6. The predicted molar refractivity (Wildman–Crippen MR) is 238 cm³/mol. The standard InChI is InChI=1S/C41H80NO20P3/c1-3-5-6-7-8-9-10-11-12-14-18-21-24-28-35(45)59-32(30-57-34(44)27-23-20-17-15-13-16-19-22-25-29-42-33(43)26-4-2)31-58-65(55,56)62-39-36(46)37(47)40(60-63(49,50)51)41(38(39)48)61-64(52,53)54/h32,36-41,46-48H,3-31H2,1-2H3,(H,42,43)(H,55,56)(H2,49,50,51)(H2,52,53,54)/t32-,36+,37-,38?,39?,40?,41+/m0/s1. The van der Waals surface area contributed by atoms with Crippen LogP contribution in [0, 0.1) is 0 Å². The summed E-state index contributed by atoms with van der Waals surface area (Å²) in [5.74, 6) is -1.25. The Morgan fingerprint density at radius 3 is 1.37 bits per heavy atom. The van der Waals surface area contributed by atoms with Crippen molar-refractivity contribution in [3.05, 3.63) is 0 Å². The van der Waals surface area contributed by atoms with Crippen molar-refractivity contribution >= 4 is 41.3 Å². The van der Waals surface area contributed by atoms with Gasteiger partial charge in [0, 0.05) is 25.8 Å². The number of nitrogens with one attached hydrogen (secondary N) is 1. The first-order valence-corrected chi connectivity index (χ1v) is 28.0. The summed E-state index contributed by atoms with van der Waals surface area (Å²) in [6, 6.07) is 0. The van der Waals surface area contributed by atoms with Crippen molar-refractivity contribution in [3.8, 4) is 0 Å². The SMILES string of the molecule is CCCCCCCCCCCCCCCC(=O)O[C@@H](COC(=O)CCCCCCCCCCCNC(=O)CCC)COP(=O)(O)OC1C(O)[C@@H](OP(=O)(O)O)C(OP(=O)(O)O)[C@@H](O)[C@H]1O. The van der Waals surface area contributed by atoms with E-state index in [1.165, 1.54) is 44.9 Å². The summed E-state index contributed by atoms with van der Waals surface area (Å²) < 4.78 is 65.4. The smallest absolute Gasteiger partial charge is 0.462 e. The molecular formula is C41H80NO20P3. The topological polar surface area (TPSA) is 332 Å². The molecule has 1 amide bonds. The molecule has 1 fully saturated rings. The van der Waals surface area contributed by atoms with Crippen molar-refractivity contribution in [2.75, 3.05) is 19.8 Å². The van der Waals surface area contributed by atoms with Gasteiger partial charge in [-0.05, 0) is 25.7 Å². The maximum absolute atomic E-state index is 13.1. The van der Waals surface area contributed by atoms with Crippen LogP contribution in [0.2, 0.25) is 0 Å². The van der Waals surface area contributed by atoms with Crippen LogP contribution in [0.4, 0.5) is 0 Å². The van der Waals surface area contributed by atoms with Crippen LogP contribution in [0.15, 0.2) is 0 Å². The molecule has 24 heteroatoms. The Kier molecular flexibility index (Phi) is 33.0. The molecule has 0 aromatic heterocycles. The first-order valence-electron chi connectivity index (χ1n) is 23.5. The molecule has 0 spiro atoms. The molecule has 0 aromatic rings. The molecule has 384 valence electrons. The van der Waals surface area contributed by atoms with Crippen molar-refractivity contribution in [3.63, 3.8) is 0 Å². The fraction of sp³-hybridized carbons (Fsp3) is 0.927. The molecule has 0 saturated heterocycles. The van der Waals surface area contributed by atoms with Gasteiger partial charge in [0.25, 0.3) is 0 Å². The number of carbonyl (C=O) groups is 3. The number of amides is 1. The number of hydrogen-bond acceptors (Lipinski definition) is 15. The van der Waals surface area contributed by atoms with Crippen molar-refractivity contribution < 1.29 is 95.4 Å². The largest absolute Gasteiger partial charge is 0.472 e. The number of phosphoric acid groups is 3. The molecule has 1 rings (SSSR count). The van der Waals surface area contributed by atoms with Gasteiger partial charge in [-0.3, -0.25) is 32.5 Å². The van der Waals surface area contributed by atoms with Crippen molar-refractivity contribution in [1.29, 1.82) is 0 Å². The molecule has 4 unspecified atom stereocenters. The van der Waals surface area contributed by atoms with Crippen LogP contribution in [0.25, 0.3) is 0 Å². The van der Waals surface area contributed by atoms with Crippen LogP contribution < -0.4 is 5.32 Å². The first kappa shape index (κ1) is 61.6. The fourth-order valence-electron chi connectivity index (χ4n) is 7.30. The monoisotopic (exact) mass is 999 g/mol. The zero-order valence-electron chi connectivity index (χ0n) is 38.4. The Morgan fingerprint density at radius 2 is 0.908 bits per heavy atom. The van der Waals surface area contributed by atoms with Crippen LogP contribution in [-0.4, -0.2) is 120 Å². The van der Waals surface area contributed by atoms with E-state index in [2.05, 4.69) is 21.3 Å². The number of aliphatic hydroxyl groups is 3. The van der Waals surface area contributed by atoms with E-state index in [-0.39, 0.29) is 18.7 Å². The molecule has 1 aliphatic carbocycles. The van der Waals surface area contributed by atoms with Gasteiger partial charge in [0.15, 0.2) is 6.10 Å². The van der Waals surface area contributed by atoms with Gasteiger partial charge in [0.05, 0.1) is 6.61 Å². The molecule has 0 radical (unpaired) electrons. The van der Waals surface area contributed by atoms with E-state index in [1.807, 2.05) is 6.92 Å². The van der Waals surface area contributed by atoms with Crippen LogP contribution in [-0.2, 0) is 55.6 Å². The number of aliphatic hydroxyl groups excluding tert-OH is 3. The van der Waals surface area contributed by atoms with Crippen LogP contribution in [0.5, 0.6) is 0 Å². The van der Waals surface area contributed by atoms with Gasteiger partial charge in [-0.2, -0.15) is 0 Å². The molecular weight excluding hydrogens is 919 g/mol. The predicted octanol–water partition coefficient (Wildman–Crippen LogP) is 6.29. The molecule has 65 heavy (non-hydrogen) atoms. The van der Waals surface area contributed by atoms with Gasteiger partial charge < -0.3 is 54.6 Å². The quantitative estimate of drug-likeness (QED) is 0.0185. The highest BCUT2D eigenvalue weighted by Crippen LogP contribution is 2.51. The first-order chi connectivity index (χ1) is 30.7. The average Bonchev–Trinajstić information content (AvgIpc) is 3.22. The molecule has 1 aliphatic rings. The Balaban J connectivity index is 2.73. The normalized spacial score (nSPS) is 21.7. The van der Waals surface area contributed by atoms with Gasteiger partial charge in [-0.15, -0.1) is 0 Å². The van der Waals surface area contributed by atoms with E-state index in [1.54, 1.807) is 0 Å². The van der Waals surface area contributed by atoms with Gasteiger partial charge in [-0.1, -0.05) is 136 Å². The lowest BCUT2D eigenvalue weighted by Gasteiger charge is -2.44. The summed E-state index contributed by atoms with van der Waals surface area (Å²) in [4.78, 5) is 84.6. The zero-order valence-corrected chi connectivity index (χ0v) is 41.0. The molecule has 0 aliphatic heterocycles. The second kappa shape index (κ2) is 34.8. The van der Waals surface area contributed by atoms with E-state index in [4.69, 9.17) is 18.5 Å². The molecule has 8 atom stereocenters. The molecule has 0 bridgehead atoms. The molecule has 1 saturated carbocycles. The van der Waals surface area contributed by atoms with E-state index in [0.29, 0.717) is 25.8 Å². The number of hydrogen-bond donors (Lipinski definition) is 9. The summed E-state index contributed by atoms with van der Waals surface area (Å²) in [6.45, 7) is 3.34. The number of phosphoric ester groups is 3. The molecule has 9 N–H and O–H groups in total. The lowest BCUT2D eigenvalue weighted by Crippen LogP contribution is -2.65. The average molecular weight is 1000 g/mol. The summed E-state index contributed by atoms with van der Waals surface area (Å²) in [6.07, 6.45) is 7.57. The minimum absolute atomic E-state index is 0.0100. The van der Waals surface area contributed by atoms with E-state index in [0.717, 1.165) is 89.9 Å². The summed E-state index contributed by atoms with van der Waals surface area (Å²) >= 11 is 0. The second-order valence-electron chi connectivity index (χ2n) is 16.7. The summed E-state index contributed by atoms with van der Waals surface area (Å²) in [5.41, 5.74) is 0. The van der Waals surface area contributed by atoms with Gasteiger partial charge in [-0.25, -0.2) is 13.7 Å². The minimum Gasteiger partial charge on any atom is -0.462 e. The van der Waals surface area contributed by atoms with Crippen molar-refractivity contribution in [1.82, 2.24) is 5.32 Å². The number of carbonyl (C=O) groups excluding carboxylic acids is 3. The summed E-state index contributed by atoms with van der Waals surface area (Å²) in [5, 5.41) is 34.7. The minimum atomic E-state index is -5.60. The molecule has 0 aromatic carbocycles. The Bertz CT molecular complexity index is 1450. The zero-order chi connectivity index (χ0) is 48.7. The Hall–Kier alpha value is -1.38. The Morgan fingerprint density at radius 1 is 0.492 bits per heavy atom. The third-order valence-corrected chi connectivity index (χ3v) is 12.8. The molecule has 21 nitrogen and oxygen atoms in total. The second-order valence-corrected chi connectivity index (χ2v) is 20.5. The highest BCUT2D eigenvalue weighted by Gasteiger charge is 2.56. The van der Waals surface area contributed by atoms with E-state index < -0.39 is 91.3 Å². The van der Waals surface area contributed by atoms with Crippen molar-refractivity contribution in [2.45, 2.75) is 224 Å². The third kappa shape index (κ3) is 31.4. The number of rotatable bonds is 40. The fourth-order valence-corrected chi connectivity index (χ4v) is 9.39. The number of ether oxygens (including phenoxy) is 2.